The minimum absolute atomic E-state index is 0.0481. The average Bonchev–Trinajstić information content (AvgIpc) is 2.95. The predicted octanol–water partition coefficient (Wildman–Crippen LogP) is 1.04. The molecule has 1 atom stereocenters. The van der Waals surface area contributed by atoms with Gasteiger partial charge in [0.15, 0.2) is 5.69 Å². The second kappa shape index (κ2) is 5.62. The van der Waals surface area contributed by atoms with E-state index in [4.69, 9.17) is 5.73 Å². The lowest BCUT2D eigenvalue weighted by molar-refractivity contribution is 0.0957. The molecule has 0 aliphatic rings. The Morgan fingerprint density at radius 3 is 2.84 bits per heavy atom. The Bertz CT molecular complexity index is 561. The second-order valence-electron chi connectivity index (χ2n) is 4.18. The van der Waals surface area contributed by atoms with E-state index in [9.17, 15) is 4.79 Å². The molecule has 0 saturated carbocycles. The molecule has 0 aliphatic carbocycles. The van der Waals surface area contributed by atoms with Crippen LogP contribution in [0.25, 0.3) is 5.69 Å². The SMILES string of the molecule is CC[C@H](N)c1ccc(-n2ccc(C(=O)NC)n2)cn1. The molecule has 6 heteroatoms. The van der Waals surface area contributed by atoms with Gasteiger partial charge in [-0.3, -0.25) is 9.78 Å². The van der Waals surface area contributed by atoms with Gasteiger partial charge in [-0.2, -0.15) is 5.10 Å². The van der Waals surface area contributed by atoms with E-state index in [1.807, 2.05) is 19.1 Å². The Morgan fingerprint density at radius 2 is 2.26 bits per heavy atom. The molecule has 2 heterocycles. The summed E-state index contributed by atoms with van der Waals surface area (Å²) in [7, 11) is 1.57. The Labute approximate surface area is 111 Å². The molecule has 0 aromatic carbocycles. The number of nitrogens with zero attached hydrogens (tertiary/aromatic N) is 3. The first-order valence-corrected chi connectivity index (χ1v) is 6.15. The fraction of sp³-hybridized carbons (Fsp3) is 0.308. The van der Waals surface area contributed by atoms with Crippen LogP contribution >= 0.6 is 0 Å². The van der Waals surface area contributed by atoms with Gasteiger partial charge in [-0.1, -0.05) is 6.92 Å². The normalized spacial score (nSPS) is 12.2. The van der Waals surface area contributed by atoms with Crippen LogP contribution < -0.4 is 11.1 Å². The highest BCUT2D eigenvalue weighted by Gasteiger charge is 2.09. The van der Waals surface area contributed by atoms with Gasteiger partial charge in [-0.25, -0.2) is 4.68 Å². The van der Waals surface area contributed by atoms with Crippen LogP contribution in [-0.4, -0.2) is 27.7 Å². The first kappa shape index (κ1) is 13.2. The Hall–Kier alpha value is -2.21. The van der Waals surface area contributed by atoms with Crippen molar-refractivity contribution in [2.75, 3.05) is 7.05 Å². The molecular weight excluding hydrogens is 242 g/mol. The maximum Gasteiger partial charge on any atom is 0.271 e. The van der Waals surface area contributed by atoms with E-state index in [1.54, 1.807) is 30.2 Å². The maximum atomic E-state index is 11.4. The molecule has 0 aliphatic heterocycles. The van der Waals surface area contributed by atoms with Gasteiger partial charge < -0.3 is 11.1 Å². The molecular formula is C13H17N5O. The summed E-state index contributed by atoms with van der Waals surface area (Å²) in [6, 6.07) is 5.38. The number of carbonyl (C=O) groups is 1. The molecule has 0 radical (unpaired) electrons. The summed E-state index contributed by atoms with van der Waals surface area (Å²) in [5.41, 5.74) is 7.92. The van der Waals surface area contributed by atoms with Crippen molar-refractivity contribution < 1.29 is 4.79 Å². The van der Waals surface area contributed by atoms with E-state index in [0.29, 0.717) is 5.69 Å². The van der Waals surface area contributed by atoms with Crippen molar-refractivity contribution in [1.29, 1.82) is 0 Å². The molecule has 0 saturated heterocycles. The second-order valence-corrected chi connectivity index (χ2v) is 4.18. The summed E-state index contributed by atoms with van der Waals surface area (Å²) in [6.07, 6.45) is 4.27. The van der Waals surface area contributed by atoms with Gasteiger partial charge in [0.05, 0.1) is 17.6 Å². The number of amides is 1. The van der Waals surface area contributed by atoms with Crippen molar-refractivity contribution in [3.63, 3.8) is 0 Å². The maximum absolute atomic E-state index is 11.4. The molecule has 19 heavy (non-hydrogen) atoms. The van der Waals surface area contributed by atoms with Crippen molar-refractivity contribution in [2.45, 2.75) is 19.4 Å². The predicted molar refractivity (Wildman–Crippen MR) is 72.0 cm³/mol. The summed E-state index contributed by atoms with van der Waals surface area (Å²) in [5, 5.41) is 6.71. The minimum Gasteiger partial charge on any atom is -0.354 e. The van der Waals surface area contributed by atoms with Crippen LogP contribution in [0.5, 0.6) is 0 Å². The number of hydrogen-bond acceptors (Lipinski definition) is 4. The topological polar surface area (TPSA) is 85.8 Å². The van der Waals surface area contributed by atoms with Gasteiger partial charge in [0.2, 0.25) is 0 Å². The van der Waals surface area contributed by atoms with Crippen LogP contribution in [0.4, 0.5) is 0 Å². The summed E-state index contributed by atoms with van der Waals surface area (Å²) in [4.78, 5) is 15.7. The van der Waals surface area contributed by atoms with Gasteiger partial charge in [-0.15, -0.1) is 0 Å². The smallest absolute Gasteiger partial charge is 0.271 e. The molecule has 1 amide bonds. The first-order valence-electron chi connectivity index (χ1n) is 6.15. The number of nitrogens with one attached hydrogen (secondary N) is 1. The van der Waals surface area contributed by atoms with E-state index in [-0.39, 0.29) is 11.9 Å². The highest BCUT2D eigenvalue weighted by molar-refractivity contribution is 5.91. The summed E-state index contributed by atoms with van der Waals surface area (Å²) in [5.74, 6) is -0.212. The molecule has 6 nitrogen and oxygen atoms in total. The molecule has 0 bridgehead atoms. The van der Waals surface area contributed by atoms with Crippen LogP contribution in [0.3, 0.4) is 0 Å². The summed E-state index contributed by atoms with van der Waals surface area (Å²) >= 11 is 0. The number of rotatable bonds is 4. The van der Waals surface area contributed by atoms with Crippen molar-refractivity contribution in [1.82, 2.24) is 20.1 Å². The Balaban J connectivity index is 2.22. The van der Waals surface area contributed by atoms with Gasteiger partial charge in [0.25, 0.3) is 5.91 Å². The molecule has 2 aromatic heterocycles. The lowest BCUT2D eigenvalue weighted by Gasteiger charge is -2.08. The zero-order chi connectivity index (χ0) is 13.8. The largest absolute Gasteiger partial charge is 0.354 e. The number of aromatic nitrogens is 3. The fourth-order valence-corrected chi connectivity index (χ4v) is 1.68. The zero-order valence-corrected chi connectivity index (χ0v) is 11.0. The third-order valence-electron chi connectivity index (χ3n) is 2.90. The van der Waals surface area contributed by atoms with E-state index in [2.05, 4.69) is 15.4 Å². The van der Waals surface area contributed by atoms with E-state index in [1.165, 1.54) is 0 Å². The van der Waals surface area contributed by atoms with Crippen LogP contribution in [0.2, 0.25) is 0 Å². The van der Waals surface area contributed by atoms with Gasteiger partial charge in [0, 0.05) is 19.3 Å². The lowest BCUT2D eigenvalue weighted by Crippen LogP contribution is -2.18. The molecule has 100 valence electrons. The number of hydrogen-bond donors (Lipinski definition) is 2. The van der Waals surface area contributed by atoms with Gasteiger partial charge in [0.1, 0.15) is 0 Å². The first-order chi connectivity index (χ1) is 9.15. The Kier molecular flexibility index (Phi) is 3.91. The molecule has 2 rings (SSSR count). The number of carbonyl (C=O) groups excluding carboxylic acids is 1. The third kappa shape index (κ3) is 2.79. The number of pyridine rings is 1. The quantitative estimate of drug-likeness (QED) is 0.859. The van der Waals surface area contributed by atoms with Gasteiger partial charge >= 0.3 is 0 Å². The van der Waals surface area contributed by atoms with Crippen molar-refractivity contribution >= 4 is 5.91 Å². The van der Waals surface area contributed by atoms with Crippen molar-refractivity contribution in [2.24, 2.45) is 5.73 Å². The third-order valence-corrected chi connectivity index (χ3v) is 2.90. The molecule has 3 N–H and O–H groups in total. The van der Waals surface area contributed by atoms with Crippen LogP contribution in [0, 0.1) is 0 Å². The van der Waals surface area contributed by atoms with E-state index < -0.39 is 0 Å². The van der Waals surface area contributed by atoms with Crippen LogP contribution in [0.1, 0.15) is 35.6 Å². The molecule has 0 fully saturated rings. The molecule has 0 unspecified atom stereocenters. The highest BCUT2D eigenvalue weighted by Crippen LogP contribution is 2.13. The standard InChI is InChI=1S/C13H17N5O/c1-3-10(14)11-5-4-9(8-16-11)18-7-6-12(17-18)13(19)15-2/h4-8,10H,3,14H2,1-2H3,(H,15,19)/t10-/m0/s1. The summed E-state index contributed by atoms with van der Waals surface area (Å²) in [6.45, 7) is 2.02. The highest BCUT2D eigenvalue weighted by atomic mass is 16.1. The van der Waals surface area contributed by atoms with E-state index in [0.717, 1.165) is 17.8 Å². The van der Waals surface area contributed by atoms with Crippen molar-refractivity contribution in [3.05, 3.63) is 42.0 Å². The summed E-state index contributed by atoms with van der Waals surface area (Å²) < 4.78 is 1.61. The molecule has 0 spiro atoms. The average molecular weight is 259 g/mol. The number of nitrogens with two attached hydrogens (primary N) is 1. The monoisotopic (exact) mass is 259 g/mol. The minimum atomic E-state index is -0.212. The fourth-order valence-electron chi connectivity index (χ4n) is 1.68. The zero-order valence-electron chi connectivity index (χ0n) is 11.0. The van der Waals surface area contributed by atoms with Gasteiger partial charge in [-0.05, 0) is 24.6 Å². The molecule has 2 aromatic rings. The van der Waals surface area contributed by atoms with E-state index >= 15 is 0 Å². The van der Waals surface area contributed by atoms with Crippen LogP contribution in [0.15, 0.2) is 30.6 Å². The van der Waals surface area contributed by atoms with Crippen LogP contribution in [-0.2, 0) is 0 Å². The Morgan fingerprint density at radius 1 is 1.47 bits per heavy atom. The lowest BCUT2D eigenvalue weighted by atomic mass is 10.1. The van der Waals surface area contributed by atoms with Crippen molar-refractivity contribution in [3.8, 4) is 5.69 Å².